The van der Waals surface area contributed by atoms with Gasteiger partial charge in [0, 0.05) is 19.6 Å². The molecule has 2 N–H and O–H groups in total. The van der Waals surface area contributed by atoms with Crippen LogP contribution in [0.15, 0.2) is 24.3 Å². The Morgan fingerprint density at radius 1 is 1.30 bits per heavy atom. The molecule has 4 heteroatoms. The third kappa shape index (κ3) is 4.32. The van der Waals surface area contributed by atoms with E-state index >= 15 is 0 Å². The smallest absolute Gasteiger partial charge is 0.310 e. The van der Waals surface area contributed by atoms with Crippen LogP contribution in [0.3, 0.4) is 0 Å². The molecule has 0 saturated carbocycles. The summed E-state index contributed by atoms with van der Waals surface area (Å²) in [7, 11) is 0. The molecular formula is C16H24N2O2. The SMILES string of the molecule is CC(C(=O)O)c1ccc(CNCCN2CCCC2)cc1. The lowest BCUT2D eigenvalue weighted by molar-refractivity contribution is -0.138. The van der Waals surface area contributed by atoms with Gasteiger partial charge in [-0.1, -0.05) is 24.3 Å². The average molecular weight is 276 g/mol. The minimum absolute atomic E-state index is 0.438. The quantitative estimate of drug-likeness (QED) is 0.749. The zero-order chi connectivity index (χ0) is 14.4. The number of hydrogen-bond acceptors (Lipinski definition) is 3. The molecule has 0 spiro atoms. The number of hydrogen-bond donors (Lipinski definition) is 2. The van der Waals surface area contributed by atoms with Crippen molar-refractivity contribution in [2.75, 3.05) is 26.2 Å². The first-order valence-electron chi connectivity index (χ1n) is 7.41. The molecule has 0 bridgehead atoms. The molecule has 1 aliphatic heterocycles. The molecule has 1 fully saturated rings. The van der Waals surface area contributed by atoms with Crippen LogP contribution in [0.25, 0.3) is 0 Å². The van der Waals surface area contributed by atoms with Gasteiger partial charge in [-0.05, 0) is 44.0 Å². The van der Waals surface area contributed by atoms with Crippen molar-refractivity contribution < 1.29 is 9.90 Å². The van der Waals surface area contributed by atoms with Gasteiger partial charge in [0.05, 0.1) is 5.92 Å². The fourth-order valence-corrected chi connectivity index (χ4v) is 2.54. The van der Waals surface area contributed by atoms with Gasteiger partial charge in [0.25, 0.3) is 0 Å². The number of nitrogens with zero attached hydrogens (tertiary/aromatic N) is 1. The summed E-state index contributed by atoms with van der Waals surface area (Å²) in [5, 5.41) is 12.4. The molecule has 1 saturated heterocycles. The van der Waals surface area contributed by atoms with Crippen molar-refractivity contribution in [2.45, 2.75) is 32.2 Å². The van der Waals surface area contributed by atoms with Gasteiger partial charge in [-0.15, -0.1) is 0 Å². The number of benzene rings is 1. The van der Waals surface area contributed by atoms with Gasteiger partial charge in [0.15, 0.2) is 0 Å². The summed E-state index contributed by atoms with van der Waals surface area (Å²) in [5.74, 6) is -1.21. The summed E-state index contributed by atoms with van der Waals surface area (Å²) in [5.41, 5.74) is 2.06. The van der Waals surface area contributed by atoms with E-state index in [1.165, 1.54) is 31.5 Å². The molecule has 1 aromatic carbocycles. The first kappa shape index (κ1) is 15.0. The van der Waals surface area contributed by atoms with Crippen LogP contribution in [-0.2, 0) is 11.3 Å². The van der Waals surface area contributed by atoms with Gasteiger partial charge in [-0.2, -0.15) is 0 Å². The summed E-state index contributed by atoms with van der Waals surface area (Å²) in [4.78, 5) is 13.4. The minimum atomic E-state index is -0.776. The molecule has 1 heterocycles. The van der Waals surface area contributed by atoms with Crippen molar-refractivity contribution in [3.8, 4) is 0 Å². The lowest BCUT2D eigenvalue weighted by atomic mass is 10.0. The Bertz CT molecular complexity index is 425. The molecule has 0 aromatic heterocycles. The predicted molar refractivity (Wildman–Crippen MR) is 79.9 cm³/mol. The molecule has 1 atom stereocenters. The summed E-state index contributed by atoms with van der Waals surface area (Å²) < 4.78 is 0. The van der Waals surface area contributed by atoms with Gasteiger partial charge < -0.3 is 15.3 Å². The number of carbonyl (C=O) groups is 1. The standard InChI is InChI=1S/C16H24N2O2/c1-13(16(19)20)15-6-4-14(5-7-15)12-17-8-11-18-9-2-3-10-18/h4-7,13,17H,2-3,8-12H2,1H3,(H,19,20). The van der Waals surface area contributed by atoms with E-state index in [1.807, 2.05) is 24.3 Å². The molecule has 0 aliphatic carbocycles. The second kappa shape index (κ2) is 7.41. The molecule has 1 aliphatic rings. The van der Waals surface area contributed by atoms with Gasteiger partial charge in [0.1, 0.15) is 0 Å². The molecule has 2 rings (SSSR count). The van der Waals surface area contributed by atoms with E-state index in [0.29, 0.717) is 0 Å². The zero-order valence-corrected chi connectivity index (χ0v) is 12.1. The molecule has 20 heavy (non-hydrogen) atoms. The van der Waals surface area contributed by atoms with Crippen molar-refractivity contribution in [3.05, 3.63) is 35.4 Å². The monoisotopic (exact) mass is 276 g/mol. The van der Waals surface area contributed by atoms with Gasteiger partial charge in [0.2, 0.25) is 0 Å². The Hall–Kier alpha value is -1.39. The number of carboxylic acid groups (broad SMARTS) is 1. The van der Waals surface area contributed by atoms with Crippen LogP contribution < -0.4 is 5.32 Å². The highest BCUT2D eigenvalue weighted by Gasteiger charge is 2.13. The van der Waals surface area contributed by atoms with E-state index < -0.39 is 11.9 Å². The molecule has 0 radical (unpaired) electrons. The number of carboxylic acids is 1. The molecular weight excluding hydrogens is 252 g/mol. The van der Waals surface area contributed by atoms with Crippen molar-refractivity contribution in [1.82, 2.24) is 10.2 Å². The topological polar surface area (TPSA) is 52.6 Å². The van der Waals surface area contributed by atoms with E-state index in [2.05, 4.69) is 10.2 Å². The maximum Gasteiger partial charge on any atom is 0.310 e. The second-order valence-corrected chi connectivity index (χ2v) is 5.53. The number of rotatable bonds is 7. The van der Waals surface area contributed by atoms with Crippen molar-refractivity contribution >= 4 is 5.97 Å². The van der Waals surface area contributed by atoms with E-state index in [-0.39, 0.29) is 0 Å². The number of aliphatic carboxylic acids is 1. The van der Waals surface area contributed by atoms with Crippen LogP contribution in [0.2, 0.25) is 0 Å². The van der Waals surface area contributed by atoms with E-state index in [4.69, 9.17) is 5.11 Å². The Balaban J connectivity index is 1.71. The summed E-state index contributed by atoms with van der Waals surface area (Å²) in [6.07, 6.45) is 2.67. The highest BCUT2D eigenvalue weighted by atomic mass is 16.4. The third-order valence-electron chi connectivity index (χ3n) is 3.98. The Morgan fingerprint density at radius 2 is 1.95 bits per heavy atom. The third-order valence-corrected chi connectivity index (χ3v) is 3.98. The van der Waals surface area contributed by atoms with E-state index in [9.17, 15) is 4.79 Å². The second-order valence-electron chi connectivity index (χ2n) is 5.53. The normalized spacial score (nSPS) is 17.2. The number of likely N-dealkylation sites (tertiary alicyclic amines) is 1. The van der Waals surface area contributed by atoms with Crippen molar-refractivity contribution in [3.63, 3.8) is 0 Å². The number of nitrogens with one attached hydrogen (secondary N) is 1. The fourth-order valence-electron chi connectivity index (χ4n) is 2.54. The Kier molecular flexibility index (Phi) is 5.56. The average Bonchev–Trinajstić information content (AvgIpc) is 2.96. The lowest BCUT2D eigenvalue weighted by Crippen LogP contribution is -2.29. The van der Waals surface area contributed by atoms with Crippen LogP contribution in [-0.4, -0.2) is 42.2 Å². The zero-order valence-electron chi connectivity index (χ0n) is 12.1. The highest BCUT2D eigenvalue weighted by molar-refractivity contribution is 5.75. The summed E-state index contributed by atoms with van der Waals surface area (Å²) in [6.45, 7) is 7.16. The van der Waals surface area contributed by atoms with Crippen LogP contribution >= 0.6 is 0 Å². The highest BCUT2D eigenvalue weighted by Crippen LogP contribution is 2.16. The van der Waals surface area contributed by atoms with Crippen LogP contribution in [0.1, 0.15) is 36.8 Å². The Labute approximate surface area is 120 Å². The maximum atomic E-state index is 10.9. The summed E-state index contributed by atoms with van der Waals surface area (Å²) >= 11 is 0. The first-order valence-corrected chi connectivity index (χ1v) is 7.41. The molecule has 110 valence electrons. The predicted octanol–water partition coefficient (Wildman–Crippen LogP) is 2.06. The molecule has 4 nitrogen and oxygen atoms in total. The van der Waals surface area contributed by atoms with E-state index in [1.54, 1.807) is 6.92 Å². The lowest BCUT2D eigenvalue weighted by Gasteiger charge is -2.15. The van der Waals surface area contributed by atoms with Gasteiger partial charge in [-0.3, -0.25) is 4.79 Å². The van der Waals surface area contributed by atoms with Gasteiger partial charge in [-0.25, -0.2) is 0 Å². The van der Waals surface area contributed by atoms with Crippen LogP contribution in [0.4, 0.5) is 0 Å². The van der Waals surface area contributed by atoms with Crippen LogP contribution in [0, 0.1) is 0 Å². The van der Waals surface area contributed by atoms with E-state index in [0.717, 1.165) is 25.2 Å². The first-order chi connectivity index (χ1) is 9.66. The van der Waals surface area contributed by atoms with Crippen molar-refractivity contribution in [1.29, 1.82) is 0 Å². The maximum absolute atomic E-state index is 10.9. The van der Waals surface area contributed by atoms with Crippen molar-refractivity contribution in [2.24, 2.45) is 0 Å². The largest absolute Gasteiger partial charge is 0.481 e. The van der Waals surface area contributed by atoms with Gasteiger partial charge >= 0.3 is 5.97 Å². The Morgan fingerprint density at radius 3 is 2.55 bits per heavy atom. The van der Waals surface area contributed by atoms with Crippen LogP contribution in [0.5, 0.6) is 0 Å². The molecule has 1 aromatic rings. The minimum Gasteiger partial charge on any atom is -0.481 e. The molecule has 1 unspecified atom stereocenters. The summed E-state index contributed by atoms with van der Waals surface area (Å²) in [6, 6.07) is 7.85. The fraction of sp³-hybridized carbons (Fsp3) is 0.562. The molecule has 0 amide bonds.